The van der Waals surface area contributed by atoms with Crippen molar-refractivity contribution in [1.29, 1.82) is 5.26 Å². The Bertz CT molecular complexity index is 833. The standard InChI is InChI=1S/C15H10ClN3O/c1-20-13-5-3-2-4-9(13)15-11(7-17)10-6-14(16)18-8-12(10)19-15/h2-6,8,19H,1H3. The first-order valence-electron chi connectivity index (χ1n) is 5.95. The highest BCUT2D eigenvalue weighted by atomic mass is 35.5. The minimum Gasteiger partial charge on any atom is -0.496 e. The molecule has 1 aromatic carbocycles. The van der Waals surface area contributed by atoms with E-state index >= 15 is 0 Å². The smallest absolute Gasteiger partial charge is 0.129 e. The summed E-state index contributed by atoms with van der Waals surface area (Å²) in [4.78, 5) is 7.24. The normalized spacial score (nSPS) is 10.4. The van der Waals surface area contributed by atoms with E-state index in [0.29, 0.717) is 22.2 Å². The van der Waals surface area contributed by atoms with Gasteiger partial charge in [0.05, 0.1) is 30.1 Å². The number of ether oxygens (including phenoxy) is 1. The first kappa shape index (κ1) is 12.5. The molecule has 0 amide bonds. The van der Waals surface area contributed by atoms with Crippen molar-refractivity contribution in [2.24, 2.45) is 0 Å². The van der Waals surface area contributed by atoms with E-state index in [1.807, 2.05) is 24.3 Å². The van der Waals surface area contributed by atoms with E-state index < -0.39 is 0 Å². The molecule has 0 unspecified atom stereocenters. The molecule has 4 nitrogen and oxygen atoms in total. The van der Waals surface area contributed by atoms with Crippen LogP contribution in [0.5, 0.6) is 5.75 Å². The van der Waals surface area contributed by atoms with Gasteiger partial charge in [-0.15, -0.1) is 0 Å². The lowest BCUT2D eigenvalue weighted by Crippen LogP contribution is -1.89. The molecule has 0 saturated heterocycles. The summed E-state index contributed by atoms with van der Waals surface area (Å²) in [6.45, 7) is 0. The van der Waals surface area contributed by atoms with Crippen molar-refractivity contribution in [1.82, 2.24) is 9.97 Å². The molecule has 0 saturated carbocycles. The topological polar surface area (TPSA) is 61.7 Å². The predicted octanol–water partition coefficient (Wildman–Crippen LogP) is 3.76. The van der Waals surface area contributed by atoms with Gasteiger partial charge in [0.15, 0.2) is 0 Å². The third kappa shape index (κ3) is 1.89. The second-order valence-electron chi connectivity index (χ2n) is 4.24. The van der Waals surface area contributed by atoms with Gasteiger partial charge in [-0.05, 0) is 18.2 Å². The highest BCUT2D eigenvalue weighted by molar-refractivity contribution is 6.30. The molecule has 0 atom stereocenters. The van der Waals surface area contributed by atoms with Gasteiger partial charge in [0.1, 0.15) is 17.0 Å². The fraction of sp³-hybridized carbons (Fsp3) is 0.0667. The Labute approximate surface area is 120 Å². The van der Waals surface area contributed by atoms with Crippen LogP contribution in [0.4, 0.5) is 0 Å². The second-order valence-corrected chi connectivity index (χ2v) is 4.63. The molecule has 0 aliphatic rings. The van der Waals surface area contributed by atoms with Crippen molar-refractivity contribution in [2.75, 3.05) is 7.11 Å². The van der Waals surface area contributed by atoms with Gasteiger partial charge in [-0.3, -0.25) is 0 Å². The van der Waals surface area contributed by atoms with Crippen molar-refractivity contribution < 1.29 is 4.74 Å². The number of nitrogens with zero attached hydrogens (tertiary/aromatic N) is 2. The lowest BCUT2D eigenvalue weighted by Gasteiger charge is -2.06. The minimum atomic E-state index is 0.361. The van der Waals surface area contributed by atoms with Crippen LogP contribution in [0.25, 0.3) is 22.2 Å². The maximum absolute atomic E-state index is 9.45. The Morgan fingerprint density at radius 3 is 2.90 bits per heavy atom. The molecular weight excluding hydrogens is 274 g/mol. The molecule has 1 N–H and O–H groups in total. The quantitative estimate of drug-likeness (QED) is 0.728. The molecule has 0 radical (unpaired) electrons. The van der Waals surface area contributed by atoms with Crippen molar-refractivity contribution >= 4 is 22.5 Å². The molecule has 0 fully saturated rings. The second kappa shape index (κ2) is 4.87. The fourth-order valence-electron chi connectivity index (χ4n) is 2.24. The van der Waals surface area contributed by atoms with Gasteiger partial charge < -0.3 is 9.72 Å². The third-order valence-electron chi connectivity index (χ3n) is 3.14. The Morgan fingerprint density at radius 1 is 1.35 bits per heavy atom. The third-order valence-corrected chi connectivity index (χ3v) is 3.34. The summed E-state index contributed by atoms with van der Waals surface area (Å²) in [7, 11) is 1.60. The lowest BCUT2D eigenvalue weighted by molar-refractivity contribution is 0.416. The van der Waals surface area contributed by atoms with Gasteiger partial charge in [-0.1, -0.05) is 23.7 Å². The first-order valence-corrected chi connectivity index (χ1v) is 6.33. The van der Waals surface area contributed by atoms with E-state index in [1.165, 1.54) is 0 Å². The summed E-state index contributed by atoms with van der Waals surface area (Å²) in [5, 5.41) is 10.6. The summed E-state index contributed by atoms with van der Waals surface area (Å²) in [6, 6.07) is 11.4. The number of aromatic nitrogens is 2. The van der Waals surface area contributed by atoms with Crippen molar-refractivity contribution in [3.63, 3.8) is 0 Å². The zero-order valence-electron chi connectivity index (χ0n) is 10.6. The van der Waals surface area contributed by atoms with Crippen LogP contribution in [0, 0.1) is 11.3 Å². The number of hydrogen-bond acceptors (Lipinski definition) is 3. The molecule has 0 aliphatic heterocycles. The van der Waals surface area contributed by atoms with Crippen LogP contribution in [-0.2, 0) is 0 Å². The molecule has 2 heterocycles. The molecule has 3 rings (SSSR count). The molecule has 0 spiro atoms. The van der Waals surface area contributed by atoms with Crippen LogP contribution in [0.2, 0.25) is 5.15 Å². The minimum absolute atomic E-state index is 0.361. The fourth-order valence-corrected chi connectivity index (χ4v) is 2.40. The number of nitriles is 1. The van der Waals surface area contributed by atoms with E-state index in [4.69, 9.17) is 16.3 Å². The molecule has 2 aromatic heterocycles. The summed E-state index contributed by atoms with van der Waals surface area (Å²) in [6.07, 6.45) is 1.62. The van der Waals surface area contributed by atoms with Crippen LogP contribution in [0.3, 0.4) is 0 Å². The van der Waals surface area contributed by atoms with Crippen LogP contribution in [0.15, 0.2) is 36.5 Å². The maximum Gasteiger partial charge on any atom is 0.129 e. The monoisotopic (exact) mass is 283 g/mol. The predicted molar refractivity (Wildman–Crippen MR) is 77.8 cm³/mol. The van der Waals surface area contributed by atoms with E-state index in [-0.39, 0.29) is 0 Å². The number of hydrogen-bond donors (Lipinski definition) is 1. The van der Waals surface area contributed by atoms with Gasteiger partial charge in [-0.2, -0.15) is 5.26 Å². The summed E-state index contributed by atoms with van der Waals surface area (Å²) in [5.41, 5.74) is 2.85. The van der Waals surface area contributed by atoms with Crippen LogP contribution in [-0.4, -0.2) is 17.1 Å². The van der Waals surface area contributed by atoms with Gasteiger partial charge in [0.25, 0.3) is 0 Å². The van der Waals surface area contributed by atoms with Crippen molar-refractivity contribution in [3.05, 3.63) is 47.2 Å². The maximum atomic E-state index is 9.45. The highest BCUT2D eigenvalue weighted by Gasteiger charge is 2.16. The zero-order chi connectivity index (χ0) is 14.1. The van der Waals surface area contributed by atoms with Gasteiger partial charge in [0.2, 0.25) is 0 Å². The van der Waals surface area contributed by atoms with E-state index in [0.717, 1.165) is 16.5 Å². The molecule has 3 aromatic rings. The molecule has 20 heavy (non-hydrogen) atoms. The highest BCUT2D eigenvalue weighted by Crippen LogP contribution is 2.35. The Morgan fingerprint density at radius 2 is 2.15 bits per heavy atom. The molecule has 0 bridgehead atoms. The SMILES string of the molecule is COc1ccccc1-c1[nH]c2cnc(Cl)cc2c1C#N. The number of rotatable bonds is 2. The number of nitrogens with one attached hydrogen (secondary N) is 1. The van der Waals surface area contributed by atoms with Gasteiger partial charge >= 0.3 is 0 Å². The van der Waals surface area contributed by atoms with Crippen molar-refractivity contribution in [2.45, 2.75) is 0 Å². The Hall–Kier alpha value is -2.51. The largest absolute Gasteiger partial charge is 0.496 e. The zero-order valence-corrected chi connectivity index (χ0v) is 11.4. The van der Waals surface area contributed by atoms with Crippen molar-refractivity contribution in [3.8, 4) is 23.1 Å². The average molecular weight is 284 g/mol. The number of H-pyrrole nitrogens is 1. The van der Waals surface area contributed by atoms with Crippen LogP contribution in [0.1, 0.15) is 5.56 Å². The van der Waals surface area contributed by atoms with Crippen LogP contribution >= 0.6 is 11.6 Å². The first-order chi connectivity index (χ1) is 9.74. The van der Waals surface area contributed by atoms with E-state index in [9.17, 15) is 5.26 Å². The number of benzene rings is 1. The number of methoxy groups -OCH3 is 1. The molecule has 98 valence electrons. The van der Waals surface area contributed by atoms with Gasteiger partial charge in [0, 0.05) is 10.9 Å². The molecular formula is C15H10ClN3O. The van der Waals surface area contributed by atoms with Gasteiger partial charge in [-0.25, -0.2) is 4.98 Å². The Kier molecular flexibility index (Phi) is 3.05. The molecule has 5 heteroatoms. The average Bonchev–Trinajstić information content (AvgIpc) is 2.84. The summed E-state index contributed by atoms with van der Waals surface area (Å²) >= 11 is 5.90. The molecule has 0 aliphatic carbocycles. The lowest BCUT2D eigenvalue weighted by atomic mass is 10.1. The van der Waals surface area contributed by atoms with E-state index in [2.05, 4.69) is 16.0 Å². The van der Waals surface area contributed by atoms with E-state index in [1.54, 1.807) is 19.4 Å². The Balaban J connectivity index is 2.34. The summed E-state index contributed by atoms with van der Waals surface area (Å²) in [5.74, 6) is 0.703. The number of para-hydroxylation sites is 1. The van der Waals surface area contributed by atoms with Crippen LogP contribution < -0.4 is 4.74 Å². The summed E-state index contributed by atoms with van der Waals surface area (Å²) < 4.78 is 5.35. The number of aromatic amines is 1. The number of halogens is 1. The number of fused-ring (bicyclic) bond motifs is 1. The number of pyridine rings is 1.